The Morgan fingerprint density at radius 3 is 3.07 bits per heavy atom. The highest BCUT2D eigenvalue weighted by molar-refractivity contribution is 5.31. The summed E-state index contributed by atoms with van der Waals surface area (Å²) in [6.07, 6.45) is 7.90. The third kappa shape index (κ3) is 1.34. The van der Waals surface area contributed by atoms with E-state index in [1.807, 2.05) is 6.20 Å². The van der Waals surface area contributed by atoms with Gasteiger partial charge in [-0.15, -0.1) is 0 Å². The fourth-order valence-electron chi connectivity index (χ4n) is 2.51. The maximum absolute atomic E-state index is 4.24. The third-order valence-electron chi connectivity index (χ3n) is 3.36. The zero-order chi connectivity index (χ0) is 9.54. The SMILES string of the molecule is CC1Cc2ccncc2C(C2CC2)N1. The number of aromatic nitrogens is 1. The molecule has 1 aromatic rings. The highest BCUT2D eigenvalue weighted by Crippen LogP contribution is 2.43. The Bertz CT molecular complexity index is 344. The highest BCUT2D eigenvalue weighted by atomic mass is 15.0. The van der Waals surface area contributed by atoms with Gasteiger partial charge in [0, 0.05) is 24.5 Å². The lowest BCUT2D eigenvalue weighted by atomic mass is 9.90. The second-order valence-electron chi connectivity index (χ2n) is 4.66. The first-order valence-electron chi connectivity index (χ1n) is 5.53. The lowest BCUT2D eigenvalue weighted by molar-refractivity contribution is 0.389. The van der Waals surface area contributed by atoms with Gasteiger partial charge in [0.15, 0.2) is 0 Å². The van der Waals surface area contributed by atoms with Crippen LogP contribution in [0.4, 0.5) is 0 Å². The summed E-state index contributed by atoms with van der Waals surface area (Å²) in [6, 6.07) is 3.39. The smallest absolute Gasteiger partial charge is 0.0369 e. The van der Waals surface area contributed by atoms with E-state index >= 15 is 0 Å². The van der Waals surface area contributed by atoms with E-state index in [1.54, 1.807) is 0 Å². The van der Waals surface area contributed by atoms with Crippen LogP contribution in [0, 0.1) is 5.92 Å². The molecular weight excluding hydrogens is 172 g/mol. The Labute approximate surface area is 84.7 Å². The minimum Gasteiger partial charge on any atom is -0.307 e. The van der Waals surface area contributed by atoms with Crippen molar-refractivity contribution < 1.29 is 0 Å². The molecule has 1 saturated carbocycles. The lowest BCUT2D eigenvalue weighted by Gasteiger charge is -2.31. The van der Waals surface area contributed by atoms with Gasteiger partial charge in [0.1, 0.15) is 0 Å². The molecule has 0 radical (unpaired) electrons. The summed E-state index contributed by atoms with van der Waals surface area (Å²) in [4.78, 5) is 4.24. The zero-order valence-electron chi connectivity index (χ0n) is 8.53. The first-order valence-corrected chi connectivity index (χ1v) is 5.53. The van der Waals surface area contributed by atoms with E-state index in [-0.39, 0.29) is 0 Å². The van der Waals surface area contributed by atoms with E-state index in [4.69, 9.17) is 0 Å². The predicted molar refractivity (Wildman–Crippen MR) is 56.0 cm³/mol. The summed E-state index contributed by atoms with van der Waals surface area (Å²) in [7, 11) is 0. The topological polar surface area (TPSA) is 24.9 Å². The quantitative estimate of drug-likeness (QED) is 0.729. The molecule has 2 heteroatoms. The molecule has 1 aliphatic heterocycles. The maximum Gasteiger partial charge on any atom is 0.0369 e. The molecular formula is C12H16N2. The van der Waals surface area contributed by atoms with E-state index in [1.165, 1.54) is 24.0 Å². The molecule has 0 aromatic carbocycles. The molecule has 0 saturated heterocycles. The summed E-state index contributed by atoms with van der Waals surface area (Å²) in [5.41, 5.74) is 2.95. The Kier molecular flexibility index (Phi) is 1.84. The van der Waals surface area contributed by atoms with Crippen molar-refractivity contribution in [1.82, 2.24) is 10.3 Å². The van der Waals surface area contributed by atoms with Crippen LogP contribution < -0.4 is 5.32 Å². The monoisotopic (exact) mass is 188 g/mol. The fourth-order valence-corrected chi connectivity index (χ4v) is 2.51. The van der Waals surface area contributed by atoms with Gasteiger partial charge in [0.2, 0.25) is 0 Å². The van der Waals surface area contributed by atoms with Crippen LogP contribution in [0.15, 0.2) is 18.5 Å². The van der Waals surface area contributed by atoms with Crippen molar-refractivity contribution in [3.05, 3.63) is 29.6 Å². The van der Waals surface area contributed by atoms with Gasteiger partial charge in [-0.1, -0.05) is 0 Å². The molecule has 0 bridgehead atoms. The molecule has 1 aromatic heterocycles. The second kappa shape index (κ2) is 3.06. The summed E-state index contributed by atoms with van der Waals surface area (Å²) >= 11 is 0. The summed E-state index contributed by atoms with van der Waals surface area (Å²) in [5.74, 6) is 0.876. The number of pyridine rings is 1. The van der Waals surface area contributed by atoms with Crippen LogP contribution in [-0.4, -0.2) is 11.0 Å². The van der Waals surface area contributed by atoms with Crippen LogP contribution in [0.1, 0.15) is 36.9 Å². The van der Waals surface area contributed by atoms with Crippen molar-refractivity contribution in [1.29, 1.82) is 0 Å². The Morgan fingerprint density at radius 1 is 1.43 bits per heavy atom. The van der Waals surface area contributed by atoms with Crippen LogP contribution in [0.5, 0.6) is 0 Å². The van der Waals surface area contributed by atoms with E-state index in [2.05, 4.69) is 29.5 Å². The molecule has 1 aliphatic carbocycles. The van der Waals surface area contributed by atoms with Crippen LogP contribution in [0.3, 0.4) is 0 Å². The summed E-state index contributed by atoms with van der Waals surface area (Å²) in [6.45, 7) is 2.28. The van der Waals surface area contributed by atoms with E-state index in [9.17, 15) is 0 Å². The van der Waals surface area contributed by atoms with Crippen molar-refractivity contribution in [3.8, 4) is 0 Å². The number of hydrogen-bond donors (Lipinski definition) is 1. The average molecular weight is 188 g/mol. The molecule has 0 amide bonds. The summed E-state index contributed by atoms with van der Waals surface area (Å²) < 4.78 is 0. The van der Waals surface area contributed by atoms with Gasteiger partial charge in [0.05, 0.1) is 0 Å². The van der Waals surface area contributed by atoms with Gasteiger partial charge in [0.25, 0.3) is 0 Å². The number of fused-ring (bicyclic) bond motifs is 1. The van der Waals surface area contributed by atoms with E-state index in [0.717, 1.165) is 12.3 Å². The van der Waals surface area contributed by atoms with Gasteiger partial charge < -0.3 is 5.32 Å². The Balaban J connectivity index is 2.00. The van der Waals surface area contributed by atoms with Crippen LogP contribution in [0.25, 0.3) is 0 Å². The molecule has 2 nitrogen and oxygen atoms in total. The Hall–Kier alpha value is -0.890. The van der Waals surface area contributed by atoms with Gasteiger partial charge in [-0.3, -0.25) is 4.98 Å². The maximum atomic E-state index is 4.24. The molecule has 1 fully saturated rings. The molecule has 2 heterocycles. The largest absolute Gasteiger partial charge is 0.307 e. The molecule has 1 N–H and O–H groups in total. The highest BCUT2D eigenvalue weighted by Gasteiger charge is 2.36. The van der Waals surface area contributed by atoms with Gasteiger partial charge in [-0.2, -0.15) is 0 Å². The number of hydrogen-bond acceptors (Lipinski definition) is 2. The minimum absolute atomic E-state index is 0.586. The molecule has 3 rings (SSSR count). The molecule has 2 atom stereocenters. The van der Waals surface area contributed by atoms with Crippen LogP contribution in [0.2, 0.25) is 0 Å². The van der Waals surface area contributed by atoms with E-state index < -0.39 is 0 Å². The van der Waals surface area contributed by atoms with Crippen LogP contribution >= 0.6 is 0 Å². The first-order chi connectivity index (χ1) is 6.84. The van der Waals surface area contributed by atoms with Gasteiger partial charge in [-0.05, 0) is 49.3 Å². The van der Waals surface area contributed by atoms with Crippen molar-refractivity contribution in [2.75, 3.05) is 0 Å². The number of rotatable bonds is 1. The van der Waals surface area contributed by atoms with Gasteiger partial charge in [-0.25, -0.2) is 0 Å². The standard InChI is InChI=1S/C12H16N2/c1-8-6-10-4-5-13-7-11(10)12(14-8)9-2-3-9/h4-5,7-9,12,14H,2-3,6H2,1H3. The normalized spacial score (nSPS) is 31.2. The van der Waals surface area contributed by atoms with Crippen molar-refractivity contribution >= 4 is 0 Å². The van der Waals surface area contributed by atoms with E-state index in [0.29, 0.717) is 12.1 Å². The van der Waals surface area contributed by atoms with Crippen LogP contribution in [-0.2, 0) is 6.42 Å². The number of nitrogens with one attached hydrogen (secondary N) is 1. The van der Waals surface area contributed by atoms with Crippen molar-refractivity contribution in [2.24, 2.45) is 5.92 Å². The minimum atomic E-state index is 0.586. The number of nitrogens with zero attached hydrogens (tertiary/aromatic N) is 1. The molecule has 0 spiro atoms. The first kappa shape index (κ1) is 8.42. The molecule has 14 heavy (non-hydrogen) atoms. The fraction of sp³-hybridized carbons (Fsp3) is 0.583. The van der Waals surface area contributed by atoms with Crippen molar-refractivity contribution in [3.63, 3.8) is 0 Å². The predicted octanol–water partition coefficient (Wildman–Crippen LogP) is 2.07. The summed E-state index contributed by atoms with van der Waals surface area (Å²) in [5, 5.41) is 3.69. The second-order valence-corrected chi connectivity index (χ2v) is 4.66. The van der Waals surface area contributed by atoms with Gasteiger partial charge >= 0.3 is 0 Å². The third-order valence-corrected chi connectivity index (χ3v) is 3.36. The molecule has 74 valence electrons. The lowest BCUT2D eigenvalue weighted by Crippen LogP contribution is -2.38. The zero-order valence-corrected chi connectivity index (χ0v) is 8.53. The average Bonchev–Trinajstić information content (AvgIpc) is 2.99. The molecule has 2 unspecified atom stereocenters. The Morgan fingerprint density at radius 2 is 2.29 bits per heavy atom. The van der Waals surface area contributed by atoms with Crippen molar-refractivity contribution in [2.45, 2.75) is 38.3 Å². The molecule has 2 aliphatic rings.